The number of fused-ring (bicyclic) bond motifs is 1. The van der Waals surface area contributed by atoms with Gasteiger partial charge in [-0.25, -0.2) is 4.98 Å². The first kappa shape index (κ1) is 21.9. The zero-order chi connectivity index (χ0) is 22.9. The Labute approximate surface area is 193 Å². The predicted octanol–water partition coefficient (Wildman–Crippen LogP) is 1.66. The maximum Gasteiger partial charge on any atom is 0.167 e. The molecule has 1 aliphatic carbocycles. The smallest absolute Gasteiger partial charge is 0.167 e. The summed E-state index contributed by atoms with van der Waals surface area (Å²) in [6, 6.07) is 9.59. The summed E-state index contributed by atoms with van der Waals surface area (Å²) in [6.45, 7) is 5.09. The highest BCUT2D eigenvalue weighted by Crippen LogP contribution is 2.51. The molecule has 1 aromatic carbocycles. The molecule has 8 heteroatoms. The van der Waals surface area contributed by atoms with Crippen LogP contribution in [0.1, 0.15) is 36.2 Å². The fraction of sp³-hybridized carbons (Fsp3) is 0.440. The summed E-state index contributed by atoms with van der Waals surface area (Å²) in [4.78, 5) is 6.54. The standard InChI is InChI=1S/C25H29N5O3/c1-16(32)25-27-8-9-30(25)23(13-26)22-12-24(33-28-22)18-5-2-17(3-6-18)4-7-19-20-14-29(10-11-31)15-21(19)20/h2-3,5-6,8-9,12,16,19-21,23,31-32H,10-11,13-15,26H2,1H3/t16-,19-,20+,21-,23+/m0/s1. The van der Waals surface area contributed by atoms with Crippen LogP contribution in [0.15, 0.2) is 47.2 Å². The highest BCUT2D eigenvalue weighted by molar-refractivity contribution is 5.59. The minimum Gasteiger partial charge on any atom is -0.395 e. The van der Waals surface area contributed by atoms with E-state index in [0.717, 1.165) is 30.8 Å². The van der Waals surface area contributed by atoms with Crippen LogP contribution >= 0.6 is 0 Å². The first-order valence-corrected chi connectivity index (χ1v) is 11.4. The van der Waals surface area contributed by atoms with Crippen LogP contribution in [-0.2, 0) is 0 Å². The van der Waals surface area contributed by atoms with E-state index in [2.05, 4.69) is 26.9 Å². The fourth-order valence-electron chi connectivity index (χ4n) is 4.91. The van der Waals surface area contributed by atoms with Gasteiger partial charge in [-0.05, 0) is 43.0 Å². The van der Waals surface area contributed by atoms with E-state index in [1.807, 2.05) is 34.9 Å². The number of β-amino-alcohol motifs (C(OH)–C–C–N with tert-alkyl or cyclic N) is 1. The van der Waals surface area contributed by atoms with Gasteiger partial charge in [0, 0.05) is 61.7 Å². The molecule has 2 aliphatic rings. The van der Waals surface area contributed by atoms with Gasteiger partial charge in [-0.2, -0.15) is 0 Å². The number of aromatic nitrogens is 3. The molecule has 0 spiro atoms. The predicted molar refractivity (Wildman–Crippen MR) is 123 cm³/mol. The molecule has 2 aromatic heterocycles. The number of hydrogen-bond donors (Lipinski definition) is 3. The van der Waals surface area contributed by atoms with Gasteiger partial charge in [-0.15, -0.1) is 0 Å². The Morgan fingerprint density at radius 1 is 1.24 bits per heavy atom. The Kier molecular flexibility index (Phi) is 6.04. The van der Waals surface area contributed by atoms with Gasteiger partial charge in [-0.3, -0.25) is 0 Å². The van der Waals surface area contributed by atoms with Gasteiger partial charge in [-0.1, -0.05) is 17.0 Å². The molecule has 8 nitrogen and oxygen atoms in total. The Bertz CT molecular complexity index is 1140. The van der Waals surface area contributed by atoms with Crippen LogP contribution in [0.4, 0.5) is 0 Å². The van der Waals surface area contributed by atoms with Crippen molar-refractivity contribution in [2.75, 3.05) is 32.8 Å². The normalized spacial score (nSPS) is 23.6. The van der Waals surface area contributed by atoms with E-state index < -0.39 is 6.10 Å². The first-order valence-electron chi connectivity index (χ1n) is 11.4. The third-order valence-electron chi connectivity index (χ3n) is 6.74. The van der Waals surface area contributed by atoms with Crippen LogP contribution in [0.2, 0.25) is 0 Å². The van der Waals surface area contributed by atoms with Crippen LogP contribution in [0.3, 0.4) is 0 Å². The van der Waals surface area contributed by atoms with Gasteiger partial charge in [0.25, 0.3) is 0 Å². The lowest BCUT2D eigenvalue weighted by Crippen LogP contribution is -2.27. The molecule has 2 fully saturated rings. The molecule has 1 saturated carbocycles. The van der Waals surface area contributed by atoms with Crippen molar-refractivity contribution in [1.29, 1.82) is 0 Å². The van der Waals surface area contributed by atoms with Gasteiger partial charge in [0.2, 0.25) is 0 Å². The van der Waals surface area contributed by atoms with Gasteiger partial charge in [0.15, 0.2) is 5.76 Å². The van der Waals surface area contributed by atoms with Crippen LogP contribution in [-0.4, -0.2) is 62.6 Å². The largest absolute Gasteiger partial charge is 0.395 e. The van der Waals surface area contributed by atoms with Crippen LogP contribution < -0.4 is 5.73 Å². The molecule has 4 N–H and O–H groups in total. The number of nitrogens with two attached hydrogens (primary N) is 1. The van der Waals surface area contributed by atoms with Crippen molar-refractivity contribution < 1.29 is 14.7 Å². The second kappa shape index (κ2) is 9.12. The quantitative estimate of drug-likeness (QED) is 0.472. The molecule has 0 radical (unpaired) electrons. The minimum atomic E-state index is -0.705. The number of nitrogens with zero attached hydrogens (tertiary/aromatic N) is 4. The molecule has 5 rings (SSSR count). The fourth-order valence-corrected chi connectivity index (χ4v) is 4.91. The number of imidazole rings is 1. The van der Waals surface area contributed by atoms with Crippen molar-refractivity contribution in [2.45, 2.75) is 19.1 Å². The molecule has 1 aliphatic heterocycles. The van der Waals surface area contributed by atoms with Crippen molar-refractivity contribution >= 4 is 0 Å². The number of aliphatic hydroxyl groups is 2. The van der Waals surface area contributed by atoms with E-state index >= 15 is 0 Å². The van der Waals surface area contributed by atoms with Gasteiger partial charge >= 0.3 is 0 Å². The Balaban J connectivity index is 1.25. The summed E-state index contributed by atoms with van der Waals surface area (Å²) in [5.41, 5.74) is 8.60. The van der Waals surface area contributed by atoms with Crippen molar-refractivity contribution in [2.24, 2.45) is 23.5 Å². The van der Waals surface area contributed by atoms with Crippen molar-refractivity contribution in [3.63, 3.8) is 0 Å². The monoisotopic (exact) mass is 447 g/mol. The molecule has 0 amide bonds. The molecule has 0 unspecified atom stereocenters. The molecule has 0 bridgehead atoms. The van der Waals surface area contributed by atoms with E-state index in [9.17, 15) is 5.11 Å². The summed E-state index contributed by atoms with van der Waals surface area (Å²) in [5, 5.41) is 23.3. The maximum absolute atomic E-state index is 9.97. The summed E-state index contributed by atoms with van der Waals surface area (Å²) in [6.07, 6.45) is 2.73. The van der Waals surface area contributed by atoms with E-state index in [1.54, 1.807) is 19.3 Å². The average molecular weight is 448 g/mol. The topological polar surface area (TPSA) is 114 Å². The maximum atomic E-state index is 9.97. The second-order valence-electron chi connectivity index (χ2n) is 8.92. The molecule has 5 atom stereocenters. The summed E-state index contributed by atoms with van der Waals surface area (Å²) in [7, 11) is 0. The lowest BCUT2D eigenvalue weighted by molar-refractivity contribution is 0.182. The van der Waals surface area contributed by atoms with Crippen LogP contribution in [0.5, 0.6) is 0 Å². The summed E-state index contributed by atoms with van der Waals surface area (Å²) in [5.74, 6) is 9.76. The molecule has 3 aromatic rings. The highest BCUT2D eigenvalue weighted by atomic mass is 16.5. The zero-order valence-electron chi connectivity index (χ0n) is 18.6. The van der Waals surface area contributed by atoms with Crippen LogP contribution in [0.25, 0.3) is 11.3 Å². The minimum absolute atomic E-state index is 0.230. The highest BCUT2D eigenvalue weighted by Gasteiger charge is 2.54. The number of likely N-dealkylation sites (tertiary alicyclic amines) is 1. The van der Waals surface area contributed by atoms with Crippen molar-refractivity contribution in [3.05, 3.63) is 59.8 Å². The van der Waals surface area contributed by atoms with Gasteiger partial charge in [0.05, 0.1) is 12.6 Å². The number of piperidine rings is 1. The molecular weight excluding hydrogens is 418 g/mol. The second-order valence-corrected chi connectivity index (χ2v) is 8.92. The van der Waals surface area contributed by atoms with E-state index in [0.29, 0.717) is 41.6 Å². The summed E-state index contributed by atoms with van der Waals surface area (Å²) >= 11 is 0. The summed E-state index contributed by atoms with van der Waals surface area (Å²) < 4.78 is 7.43. The van der Waals surface area contributed by atoms with E-state index in [4.69, 9.17) is 15.4 Å². The number of rotatable bonds is 7. The van der Waals surface area contributed by atoms with E-state index in [-0.39, 0.29) is 12.6 Å². The van der Waals surface area contributed by atoms with E-state index in [1.165, 1.54) is 0 Å². The third-order valence-corrected chi connectivity index (χ3v) is 6.74. The number of aliphatic hydroxyl groups excluding tert-OH is 2. The third kappa shape index (κ3) is 4.33. The van der Waals surface area contributed by atoms with Crippen LogP contribution in [0, 0.1) is 29.6 Å². The molecule has 33 heavy (non-hydrogen) atoms. The number of hydrogen-bond acceptors (Lipinski definition) is 7. The lowest BCUT2D eigenvalue weighted by Gasteiger charge is -2.17. The SMILES string of the molecule is C[C@H](O)c1nccn1[C@H](CN)c1cc(-c2ccc(C#C[C@H]3[C@H]4CN(CCO)C[C@@H]34)cc2)on1. The zero-order valence-corrected chi connectivity index (χ0v) is 18.6. The Hall–Kier alpha value is -2.96. The first-order chi connectivity index (χ1) is 16.1. The lowest BCUT2D eigenvalue weighted by atomic mass is 10.1. The Morgan fingerprint density at radius 3 is 2.67 bits per heavy atom. The molecule has 3 heterocycles. The molecule has 172 valence electrons. The van der Waals surface area contributed by atoms with Crippen molar-refractivity contribution in [1.82, 2.24) is 19.6 Å². The van der Waals surface area contributed by atoms with Gasteiger partial charge < -0.3 is 29.9 Å². The Morgan fingerprint density at radius 2 is 2.00 bits per heavy atom. The number of benzene rings is 1. The molecule has 1 saturated heterocycles. The van der Waals surface area contributed by atoms with Crippen molar-refractivity contribution in [3.8, 4) is 23.2 Å². The van der Waals surface area contributed by atoms with Gasteiger partial charge in [0.1, 0.15) is 17.6 Å². The average Bonchev–Trinajstić information content (AvgIpc) is 3.32. The molecular formula is C25H29N5O3.